The summed E-state index contributed by atoms with van der Waals surface area (Å²) in [4.78, 5) is 2.85. The lowest BCUT2D eigenvalue weighted by atomic mass is 10.0. The number of piperidine rings is 1. The SMILES string of the molecule is C[Si](C)(C)CN1C2C3CCC(C3)C21. The van der Waals surface area contributed by atoms with Gasteiger partial charge in [-0.3, -0.25) is 4.90 Å². The van der Waals surface area contributed by atoms with Crippen LogP contribution in [0.3, 0.4) is 0 Å². The fourth-order valence-corrected chi connectivity index (χ4v) is 5.37. The molecule has 0 amide bonds. The number of rotatable bonds is 2. The van der Waals surface area contributed by atoms with E-state index in [2.05, 4.69) is 24.5 Å². The molecule has 1 saturated heterocycles. The smallest absolute Gasteiger partial charge is 0.0599 e. The van der Waals surface area contributed by atoms with Crippen molar-refractivity contribution in [3.8, 4) is 0 Å². The van der Waals surface area contributed by atoms with Crippen molar-refractivity contribution in [1.29, 1.82) is 0 Å². The third-order valence-electron chi connectivity index (χ3n) is 4.16. The second-order valence-corrected chi connectivity index (χ2v) is 12.0. The summed E-state index contributed by atoms with van der Waals surface area (Å²) in [6.07, 6.45) is 6.15. The Morgan fingerprint density at radius 2 is 1.62 bits per heavy atom. The summed E-state index contributed by atoms with van der Waals surface area (Å²) >= 11 is 0. The Balaban J connectivity index is 1.67. The average molecular weight is 195 g/mol. The molecule has 0 aromatic carbocycles. The van der Waals surface area contributed by atoms with Gasteiger partial charge in [0.05, 0.1) is 8.07 Å². The van der Waals surface area contributed by atoms with Crippen molar-refractivity contribution in [3.63, 3.8) is 0 Å². The molecule has 3 fully saturated rings. The molecule has 74 valence electrons. The van der Waals surface area contributed by atoms with Crippen LogP contribution in [0.2, 0.25) is 19.6 Å². The Kier molecular flexibility index (Phi) is 1.57. The van der Waals surface area contributed by atoms with Gasteiger partial charge in [0, 0.05) is 12.1 Å². The zero-order chi connectivity index (χ0) is 9.22. The fraction of sp³-hybridized carbons (Fsp3) is 1.00. The number of hydrogen-bond acceptors (Lipinski definition) is 1. The van der Waals surface area contributed by atoms with Gasteiger partial charge < -0.3 is 0 Å². The van der Waals surface area contributed by atoms with Crippen molar-refractivity contribution >= 4 is 8.07 Å². The fourth-order valence-electron chi connectivity index (χ4n) is 3.85. The summed E-state index contributed by atoms with van der Waals surface area (Å²) in [6.45, 7) is 7.51. The quantitative estimate of drug-likeness (QED) is 0.483. The molecule has 0 N–H and O–H groups in total. The highest BCUT2D eigenvalue weighted by atomic mass is 28.3. The van der Waals surface area contributed by atoms with Crippen LogP contribution in [0.15, 0.2) is 0 Å². The molecule has 0 aromatic heterocycles. The minimum Gasteiger partial charge on any atom is -0.297 e. The maximum Gasteiger partial charge on any atom is 0.0599 e. The molecular weight excluding hydrogens is 174 g/mol. The van der Waals surface area contributed by atoms with E-state index in [0.717, 1.165) is 23.9 Å². The van der Waals surface area contributed by atoms with Gasteiger partial charge in [-0.25, -0.2) is 0 Å². The molecular formula is C11H21NSi. The van der Waals surface area contributed by atoms with Gasteiger partial charge in [-0.05, 0) is 37.3 Å². The average Bonchev–Trinajstić information content (AvgIpc) is 2.41. The lowest BCUT2D eigenvalue weighted by molar-refractivity contribution is 0.391. The van der Waals surface area contributed by atoms with Crippen LogP contribution in [0, 0.1) is 11.8 Å². The van der Waals surface area contributed by atoms with Crippen molar-refractivity contribution in [2.45, 2.75) is 51.0 Å². The van der Waals surface area contributed by atoms with Crippen molar-refractivity contribution in [3.05, 3.63) is 0 Å². The zero-order valence-electron chi connectivity index (χ0n) is 9.09. The topological polar surface area (TPSA) is 3.01 Å². The molecule has 0 aromatic rings. The van der Waals surface area contributed by atoms with Crippen LogP contribution in [-0.4, -0.2) is 31.2 Å². The molecule has 1 aliphatic heterocycles. The van der Waals surface area contributed by atoms with E-state index >= 15 is 0 Å². The molecule has 13 heavy (non-hydrogen) atoms. The van der Waals surface area contributed by atoms with Crippen LogP contribution in [0.1, 0.15) is 19.3 Å². The first-order chi connectivity index (χ1) is 6.06. The minimum absolute atomic E-state index is 0.829. The Hall–Kier alpha value is 0.177. The first-order valence-electron chi connectivity index (χ1n) is 5.82. The number of fused-ring (bicyclic) bond motifs is 5. The van der Waals surface area contributed by atoms with Gasteiger partial charge in [-0.2, -0.15) is 0 Å². The molecule has 3 aliphatic rings. The van der Waals surface area contributed by atoms with Crippen LogP contribution >= 0.6 is 0 Å². The molecule has 1 nitrogen and oxygen atoms in total. The number of nitrogens with zero attached hydrogens (tertiary/aromatic N) is 1. The molecule has 2 bridgehead atoms. The first kappa shape index (κ1) is 8.48. The monoisotopic (exact) mass is 195 g/mol. The van der Waals surface area contributed by atoms with Gasteiger partial charge in [-0.1, -0.05) is 19.6 Å². The van der Waals surface area contributed by atoms with E-state index < -0.39 is 8.07 Å². The Morgan fingerprint density at radius 1 is 1.08 bits per heavy atom. The second-order valence-electron chi connectivity index (χ2n) is 6.55. The number of likely N-dealkylation sites (tertiary alicyclic amines) is 1. The van der Waals surface area contributed by atoms with E-state index in [1.807, 2.05) is 0 Å². The van der Waals surface area contributed by atoms with Crippen molar-refractivity contribution in [1.82, 2.24) is 4.90 Å². The lowest BCUT2D eigenvalue weighted by Gasteiger charge is -2.20. The van der Waals surface area contributed by atoms with Gasteiger partial charge >= 0.3 is 0 Å². The van der Waals surface area contributed by atoms with Gasteiger partial charge in [0.15, 0.2) is 0 Å². The van der Waals surface area contributed by atoms with Crippen LogP contribution in [0.4, 0.5) is 0 Å². The molecule has 0 spiro atoms. The largest absolute Gasteiger partial charge is 0.297 e. The Morgan fingerprint density at radius 3 is 2.08 bits per heavy atom. The molecule has 1 heterocycles. The van der Waals surface area contributed by atoms with Gasteiger partial charge in [0.1, 0.15) is 0 Å². The van der Waals surface area contributed by atoms with Crippen molar-refractivity contribution in [2.75, 3.05) is 6.17 Å². The summed E-state index contributed by atoms with van der Waals surface area (Å²) in [6, 6.07) is 2.12. The van der Waals surface area contributed by atoms with Gasteiger partial charge in [-0.15, -0.1) is 0 Å². The normalized spacial score (nSPS) is 52.4. The van der Waals surface area contributed by atoms with E-state index in [-0.39, 0.29) is 0 Å². The highest BCUT2D eigenvalue weighted by Gasteiger charge is 2.63. The summed E-state index contributed by atoms with van der Waals surface area (Å²) < 4.78 is 0. The van der Waals surface area contributed by atoms with Gasteiger partial charge in [0.2, 0.25) is 0 Å². The van der Waals surface area contributed by atoms with Crippen molar-refractivity contribution < 1.29 is 0 Å². The van der Waals surface area contributed by atoms with Crippen molar-refractivity contribution in [2.24, 2.45) is 11.8 Å². The molecule has 4 atom stereocenters. The highest BCUT2D eigenvalue weighted by molar-refractivity contribution is 6.76. The van der Waals surface area contributed by atoms with E-state index in [1.54, 1.807) is 19.3 Å². The van der Waals surface area contributed by atoms with E-state index in [0.29, 0.717) is 0 Å². The van der Waals surface area contributed by atoms with Crippen LogP contribution < -0.4 is 0 Å². The van der Waals surface area contributed by atoms with Gasteiger partial charge in [0.25, 0.3) is 0 Å². The highest BCUT2D eigenvalue weighted by Crippen LogP contribution is 2.58. The zero-order valence-corrected chi connectivity index (χ0v) is 10.1. The molecule has 3 rings (SSSR count). The van der Waals surface area contributed by atoms with Crippen LogP contribution in [0.5, 0.6) is 0 Å². The second kappa shape index (κ2) is 2.40. The Bertz CT molecular complexity index is 217. The summed E-state index contributed by atoms with van der Waals surface area (Å²) in [5.74, 6) is 2.23. The third kappa shape index (κ3) is 1.22. The van der Waals surface area contributed by atoms with E-state index in [9.17, 15) is 0 Å². The molecule has 2 aliphatic carbocycles. The third-order valence-corrected chi connectivity index (χ3v) is 5.48. The minimum atomic E-state index is -0.829. The lowest BCUT2D eigenvalue weighted by Crippen LogP contribution is -2.34. The van der Waals surface area contributed by atoms with Crippen LogP contribution in [0.25, 0.3) is 0 Å². The standard InChI is InChI=1S/C11H21NSi/c1-13(2,3)7-12-10-8-4-5-9(6-8)11(10)12/h8-11H,4-7H2,1-3H3. The molecule has 2 heteroatoms. The number of hydrogen-bond donors (Lipinski definition) is 0. The molecule has 4 unspecified atom stereocenters. The maximum absolute atomic E-state index is 2.85. The van der Waals surface area contributed by atoms with E-state index in [4.69, 9.17) is 0 Å². The predicted molar refractivity (Wildman–Crippen MR) is 58.5 cm³/mol. The predicted octanol–water partition coefficient (Wildman–Crippen LogP) is 2.35. The van der Waals surface area contributed by atoms with Crippen LogP contribution in [-0.2, 0) is 0 Å². The molecule has 2 saturated carbocycles. The van der Waals surface area contributed by atoms with E-state index in [1.165, 1.54) is 6.17 Å². The summed E-state index contributed by atoms with van der Waals surface area (Å²) in [5.41, 5.74) is 0. The summed E-state index contributed by atoms with van der Waals surface area (Å²) in [7, 11) is -0.829. The maximum atomic E-state index is 2.85. The first-order valence-corrected chi connectivity index (χ1v) is 9.53. The Labute approximate surface area is 82.5 Å². The molecule has 0 radical (unpaired) electrons. The summed E-state index contributed by atoms with van der Waals surface area (Å²) in [5, 5.41) is 0.